The molecule has 0 unspecified atom stereocenters. The Kier molecular flexibility index (Phi) is 7.14. The highest BCUT2D eigenvalue weighted by molar-refractivity contribution is 7.99. The first-order valence-corrected chi connectivity index (χ1v) is 15.9. The SMILES string of the molecule is c1ccc(-c2ccc(N(c3ccc(-c4ccccc4)cc3)c3ccc(-c4ccc5c(c4)Oc4ccccc4S5)cc3)cc2)cc1. The minimum atomic E-state index is 0.902. The van der Waals surface area contributed by atoms with Gasteiger partial charge < -0.3 is 9.64 Å². The standard InChI is InChI=1S/C42H29NOS/c1-3-9-30(10-4-1)32-15-22-36(23-16-32)43(37-24-17-33(18-25-37)31-11-5-2-6-12-31)38-26-19-34(20-27-38)35-21-28-42-40(29-35)44-39-13-7-8-14-41(39)45-42/h1-29H. The molecule has 0 atom stereocenters. The van der Waals surface area contributed by atoms with Crippen LogP contribution in [-0.4, -0.2) is 0 Å². The van der Waals surface area contributed by atoms with Gasteiger partial charge >= 0.3 is 0 Å². The highest BCUT2D eigenvalue weighted by Gasteiger charge is 2.18. The zero-order chi connectivity index (χ0) is 30.0. The summed E-state index contributed by atoms with van der Waals surface area (Å²) >= 11 is 1.76. The highest BCUT2D eigenvalue weighted by Crippen LogP contribution is 2.48. The number of anilines is 3. The molecule has 0 spiro atoms. The molecule has 2 nitrogen and oxygen atoms in total. The molecule has 0 saturated heterocycles. The van der Waals surface area contributed by atoms with Crippen molar-refractivity contribution in [3.63, 3.8) is 0 Å². The predicted octanol–water partition coefficient (Wildman–Crippen LogP) is 12.4. The number of nitrogens with zero attached hydrogens (tertiary/aromatic N) is 1. The summed E-state index contributed by atoms with van der Waals surface area (Å²) in [5.41, 5.74) is 10.4. The van der Waals surface area contributed by atoms with Gasteiger partial charge in [-0.15, -0.1) is 0 Å². The van der Waals surface area contributed by atoms with Crippen LogP contribution in [-0.2, 0) is 0 Å². The quantitative estimate of drug-likeness (QED) is 0.190. The van der Waals surface area contributed by atoms with Crippen molar-refractivity contribution in [2.24, 2.45) is 0 Å². The maximum atomic E-state index is 6.27. The van der Waals surface area contributed by atoms with Crippen LogP contribution in [0.2, 0.25) is 0 Å². The number of hydrogen-bond acceptors (Lipinski definition) is 3. The minimum absolute atomic E-state index is 0.902. The topological polar surface area (TPSA) is 12.5 Å². The number of fused-ring (bicyclic) bond motifs is 2. The van der Waals surface area contributed by atoms with Crippen LogP contribution < -0.4 is 9.64 Å². The summed E-state index contributed by atoms with van der Waals surface area (Å²) < 4.78 is 6.27. The summed E-state index contributed by atoms with van der Waals surface area (Å²) in [7, 11) is 0. The largest absolute Gasteiger partial charge is 0.455 e. The average molecular weight is 596 g/mol. The molecule has 45 heavy (non-hydrogen) atoms. The van der Waals surface area contributed by atoms with E-state index in [-0.39, 0.29) is 0 Å². The molecule has 7 aromatic rings. The van der Waals surface area contributed by atoms with Gasteiger partial charge in [0.05, 0.1) is 9.79 Å². The van der Waals surface area contributed by atoms with Gasteiger partial charge in [-0.25, -0.2) is 0 Å². The Morgan fingerprint density at radius 1 is 0.333 bits per heavy atom. The fourth-order valence-electron chi connectivity index (χ4n) is 5.82. The molecule has 0 aliphatic carbocycles. The molecule has 3 heteroatoms. The smallest absolute Gasteiger partial charge is 0.142 e. The maximum Gasteiger partial charge on any atom is 0.142 e. The lowest BCUT2D eigenvalue weighted by atomic mass is 10.0. The van der Waals surface area contributed by atoms with Gasteiger partial charge in [0, 0.05) is 17.1 Å². The van der Waals surface area contributed by atoms with E-state index in [1.54, 1.807) is 11.8 Å². The number of ether oxygens (including phenoxy) is 1. The number of rotatable bonds is 6. The van der Waals surface area contributed by atoms with E-state index in [0.29, 0.717) is 0 Å². The van der Waals surface area contributed by atoms with Crippen molar-refractivity contribution in [3.05, 3.63) is 176 Å². The zero-order valence-corrected chi connectivity index (χ0v) is 25.3. The van der Waals surface area contributed by atoms with Gasteiger partial charge in [0.2, 0.25) is 0 Å². The molecule has 8 rings (SSSR count). The average Bonchev–Trinajstić information content (AvgIpc) is 3.12. The third kappa shape index (κ3) is 5.50. The molecule has 0 N–H and O–H groups in total. The first-order chi connectivity index (χ1) is 22.3. The second-order valence-corrected chi connectivity index (χ2v) is 12.1. The van der Waals surface area contributed by atoms with Crippen molar-refractivity contribution < 1.29 is 4.74 Å². The van der Waals surface area contributed by atoms with Crippen molar-refractivity contribution in [1.82, 2.24) is 0 Å². The van der Waals surface area contributed by atoms with Crippen molar-refractivity contribution in [2.45, 2.75) is 9.79 Å². The van der Waals surface area contributed by atoms with Crippen LogP contribution in [0, 0.1) is 0 Å². The predicted molar refractivity (Wildman–Crippen MR) is 188 cm³/mol. The third-order valence-corrected chi connectivity index (χ3v) is 9.27. The Labute approximate surface area is 268 Å². The van der Waals surface area contributed by atoms with Crippen LogP contribution in [0.1, 0.15) is 0 Å². The van der Waals surface area contributed by atoms with Crippen molar-refractivity contribution in [1.29, 1.82) is 0 Å². The molecule has 0 fully saturated rings. The second-order valence-electron chi connectivity index (χ2n) is 11.0. The van der Waals surface area contributed by atoms with E-state index < -0.39 is 0 Å². The summed E-state index contributed by atoms with van der Waals surface area (Å²) in [6, 6.07) is 62.2. The van der Waals surface area contributed by atoms with E-state index in [1.165, 1.54) is 22.3 Å². The molecule has 1 aliphatic heterocycles. The fraction of sp³-hybridized carbons (Fsp3) is 0. The molecule has 1 heterocycles. The Morgan fingerprint density at radius 3 is 1.27 bits per heavy atom. The number of hydrogen-bond donors (Lipinski definition) is 0. The van der Waals surface area contributed by atoms with Gasteiger partial charge in [0.25, 0.3) is 0 Å². The molecule has 214 valence electrons. The molecule has 0 amide bonds. The van der Waals surface area contributed by atoms with E-state index in [0.717, 1.165) is 49.5 Å². The van der Waals surface area contributed by atoms with E-state index in [9.17, 15) is 0 Å². The van der Waals surface area contributed by atoms with Crippen LogP contribution in [0.15, 0.2) is 186 Å². The summed E-state index contributed by atoms with van der Waals surface area (Å²) in [5, 5.41) is 0. The van der Waals surface area contributed by atoms with Gasteiger partial charge in [0.15, 0.2) is 0 Å². The third-order valence-electron chi connectivity index (χ3n) is 8.16. The Hall–Kier alpha value is -5.51. The first-order valence-electron chi connectivity index (χ1n) is 15.1. The second kappa shape index (κ2) is 11.9. The Bertz CT molecular complexity index is 1990. The molecular formula is C42H29NOS. The van der Waals surface area contributed by atoms with E-state index in [4.69, 9.17) is 4.74 Å². The number of benzene rings is 7. The molecular weight excluding hydrogens is 567 g/mol. The van der Waals surface area contributed by atoms with Crippen LogP contribution in [0.25, 0.3) is 33.4 Å². The lowest BCUT2D eigenvalue weighted by Gasteiger charge is -2.26. The minimum Gasteiger partial charge on any atom is -0.455 e. The fourth-order valence-corrected chi connectivity index (χ4v) is 6.76. The zero-order valence-electron chi connectivity index (χ0n) is 24.5. The van der Waals surface area contributed by atoms with Crippen LogP contribution in [0.3, 0.4) is 0 Å². The van der Waals surface area contributed by atoms with Gasteiger partial charge in [-0.2, -0.15) is 0 Å². The van der Waals surface area contributed by atoms with Crippen LogP contribution in [0.5, 0.6) is 11.5 Å². The first kappa shape index (κ1) is 27.1. The van der Waals surface area contributed by atoms with Gasteiger partial charge in [-0.05, 0) is 94.0 Å². The maximum absolute atomic E-state index is 6.27. The normalized spacial score (nSPS) is 11.6. The van der Waals surface area contributed by atoms with E-state index >= 15 is 0 Å². The molecule has 0 bridgehead atoms. The van der Waals surface area contributed by atoms with Crippen molar-refractivity contribution in [2.75, 3.05) is 4.90 Å². The van der Waals surface area contributed by atoms with Gasteiger partial charge in [0.1, 0.15) is 11.5 Å². The van der Waals surface area contributed by atoms with Crippen LogP contribution in [0.4, 0.5) is 17.1 Å². The van der Waals surface area contributed by atoms with Crippen molar-refractivity contribution >= 4 is 28.8 Å². The monoisotopic (exact) mass is 595 g/mol. The number of para-hydroxylation sites is 1. The Balaban J connectivity index is 1.13. The summed E-state index contributed by atoms with van der Waals surface area (Å²) in [4.78, 5) is 4.60. The molecule has 0 saturated carbocycles. The summed E-state index contributed by atoms with van der Waals surface area (Å²) in [6.45, 7) is 0. The molecule has 7 aromatic carbocycles. The highest BCUT2D eigenvalue weighted by atomic mass is 32.2. The van der Waals surface area contributed by atoms with Gasteiger partial charge in [-0.3, -0.25) is 0 Å². The van der Waals surface area contributed by atoms with Crippen LogP contribution >= 0.6 is 11.8 Å². The van der Waals surface area contributed by atoms with Gasteiger partial charge in [-0.1, -0.05) is 127 Å². The lowest BCUT2D eigenvalue weighted by Crippen LogP contribution is -2.09. The van der Waals surface area contributed by atoms with Crippen molar-refractivity contribution in [3.8, 4) is 44.9 Å². The van der Waals surface area contributed by atoms with E-state index in [1.807, 2.05) is 12.1 Å². The molecule has 1 aliphatic rings. The molecule has 0 radical (unpaired) electrons. The molecule has 0 aromatic heterocycles. The van der Waals surface area contributed by atoms with E-state index in [2.05, 4.69) is 169 Å². The Morgan fingerprint density at radius 2 is 0.733 bits per heavy atom. The lowest BCUT2D eigenvalue weighted by molar-refractivity contribution is 0.455. The summed E-state index contributed by atoms with van der Waals surface area (Å²) in [6.07, 6.45) is 0. The summed E-state index contributed by atoms with van der Waals surface area (Å²) in [5.74, 6) is 1.81.